The molecule has 0 heterocycles. The number of ether oxygens (including phenoxy) is 2. The zero-order valence-electron chi connectivity index (χ0n) is 35.9. The van der Waals surface area contributed by atoms with Gasteiger partial charge in [0.05, 0.1) is 6.61 Å². The Bertz CT molecular complexity index is 1210. The molecule has 0 aromatic carbocycles. The molecule has 13 nitrogen and oxygen atoms in total. The van der Waals surface area contributed by atoms with Gasteiger partial charge in [-0.3, -0.25) is 18.6 Å². The van der Waals surface area contributed by atoms with Gasteiger partial charge in [0.1, 0.15) is 43.2 Å². The molecule has 342 valence electrons. The summed E-state index contributed by atoms with van der Waals surface area (Å²) in [6.07, 6.45) is 26.3. The molecule has 1 aliphatic rings. The summed E-state index contributed by atoms with van der Waals surface area (Å²) in [7, 11) is -5.12. The molecule has 0 aliphatic heterocycles. The highest BCUT2D eigenvalue weighted by Gasteiger charge is 2.51. The van der Waals surface area contributed by atoms with E-state index in [2.05, 4.69) is 50.0 Å². The van der Waals surface area contributed by atoms with Gasteiger partial charge in [-0.1, -0.05) is 139 Å². The van der Waals surface area contributed by atoms with E-state index in [9.17, 15) is 44.6 Å². The molecular formula is C45H79O13P. The molecule has 6 N–H and O–H groups in total. The van der Waals surface area contributed by atoms with Gasteiger partial charge in [-0.2, -0.15) is 0 Å². The third kappa shape index (κ3) is 28.1. The Morgan fingerprint density at radius 3 is 1.51 bits per heavy atom. The van der Waals surface area contributed by atoms with E-state index in [1.807, 2.05) is 6.08 Å². The molecule has 0 radical (unpaired) electrons. The van der Waals surface area contributed by atoms with Gasteiger partial charge in [-0.15, -0.1) is 6.58 Å². The van der Waals surface area contributed by atoms with Gasteiger partial charge in [-0.05, 0) is 57.8 Å². The highest BCUT2D eigenvalue weighted by atomic mass is 31.2. The summed E-state index contributed by atoms with van der Waals surface area (Å²) in [5, 5.41) is 50.1. The SMILES string of the molecule is C=CCCCCCCCCCCCCCCCC(=O)O[C@H](COC(=O)CCCCCCC/C=C/C/C=C/C/C=C/CC)COP(=O)(O)OC1C(O)C(O)C(O)[C@@H](O)C1O. The number of phosphoric ester groups is 1. The lowest BCUT2D eigenvalue weighted by atomic mass is 9.85. The molecule has 0 spiro atoms. The zero-order chi connectivity index (χ0) is 43.6. The molecule has 14 heteroatoms. The number of allylic oxidation sites excluding steroid dienone is 7. The fraction of sp³-hybridized carbons (Fsp3) is 0.778. The first-order valence-corrected chi connectivity index (χ1v) is 23.9. The smallest absolute Gasteiger partial charge is 0.462 e. The summed E-state index contributed by atoms with van der Waals surface area (Å²) in [5.74, 6) is -1.12. The largest absolute Gasteiger partial charge is 0.472 e. The highest BCUT2D eigenvalue weighted by molar-refractivity contribution is 7.47. The van der Waals surface area contributed by atoms with Crippen molar-refractivity contribution in [1.82, 2.24) is 0 Å². The average Bonchev–Trinajstić information content (AvgIpc) is 3.21. The normalized spacial score (nSPS) is 22.6. The molecule has 0 saturated heterocycles. The molecule has 59 heavy (non-hydrogen) atoms. The van der Waals surface area contributed by atoms with Gasteiger partial charge >= 0.3 is 19.8 Å². The van der Waals surface area contributed by atoms with E-state index in [1.54, 1.807) is 0 Å². The minimum atomic E-state index is -5.12. The zero-order valence-corrected chi connectivity index (χ0v) is 36.8. The number of carbonyl (C=O) groups is 2. The van der Waals surface area contributed by atoms with Crippen LogP contribution in [0.5, 0.6) is 0 Å². The molecule has 0 aromatic rings. The maximum atomic E-state index is 12.8. The maximum Gasteiger partial charge on any atom is 0.472 e. The Hall–Kier alpha value is -2.19. The molecular weight excluding hydrogens is 779 g/mol. The van der Waals surface area contributed by atoms with Crippen LogP contribution in [0.4, 0.5) is 0 Å². The summed E-state index contributed by atoms with van der Waals surface area (Å²) in [4.78, 5) is 35.7. The van der Waals surface area contributed by atoms with Crippen molar-refractivity contribution in [2.75, 3.05) is 13.2 Å². The van der Waals surface area contributed by atoms with Crippen LogP contribution in [0.2, 0.25) is 0 Å². The van der Waals surface area contributed by atoms with E-state index in [0.29, 0.717) is 12.8 Å². The first-order chi connectivity index (χ1) is 28.4. The van der Waals surface area contributed by atoms with Crippen LogP contribution in [0.1, 0.15) is 167 Å². The number of rotatable bonds is 37. The van der Waals surface area contributed by atoms with Crippen LogP contribution in [0.25, 0.3) is 0 Å². The first-order valence-electron chi connectivity index (χ1n) is 22.4. The van der Waals surface area contributed by atoms with E-state index >= 15 is 0 Å². The standard InChI is InChI=1S/C45H79O13P/c1-3-5-7-9-11-13-15-17-19-21-23-25-27-29-31-33-38(46)55-35-37(36-56-59(53,54)58-45-43(51)41(49)40(48)42(50)44(45)52)57-39(47)34-32-30-28-26-24-22-20-18-16-14-12-10-8-6-4-2/h4-5,7,11,13,17,19,37,40-45,48-52H,2-3,6,8-10,12,14-16,18,20-36H2,1H3,(H,53,54)/b7-5+,13-11+,19-17+/t37-,40?,41-,42?,43?,44?,45?/m1/s1. The fourth-order valence-electron chi connectivity index (χ4n) is 6.69. The van der Waals surface area contributed by atoms with Crippen molar-refractivity contribution < 1.29 is 63.1 Å². The molecule has 1 fully saturated rings. The molecule has 6 unspecified atom stereocenters. The van der Waals surface area contributed by atoms with Crippen LogP contribution in [-0.4, -0.2) is 98.3 Å². The summed E-state index contributed by atoms with van der Waals surface area (Å²) in [6, 6.07) is 0. The predicted octanol–water partition coefficient (Wildman–Crippen LogP) is 8.39. The van der Waals surface area contributed by atoms with Crippen molar-refractivity contribution in [3.8, 4) is 0 Å². The van der Waals surface area contributed by atoms with Crippen LogP contribution in [0.3, 0.4) is 0 Å². The van der Waals surface area contributed by atoms with Crippen LogP contribution in [0.15, 0.2) is 49.1 Å². The number of aliphatic hydroxyl groups is 5. The lowest BCUT2D eigenvalue weighted by molar-refractivity contribution is -0.220. The van der Waals surface area contributed by atoms with Crippen molar-refractivity contribution in [3.05, 3.63) is 49.1 Å². The van der Waals surface area contributed by atoms with E-state index in [4.69, 9.17) is 18.5 Å². The van der Waals surface area contributed by atoms with E-state index in [1.165, 1.54) is 51.4 Å². The second-order valence-electron chi connectivity index (χ2n) is 15.6. The topological polar surface area (TPSA) is 210 Å². The van der Waals surface area contributed by atoms with E-state index in [0.717, 1.165) is 83.5 Å². The predicted molar refractivity (Wildman–Crippen MR) is 230 cm³/mol. The van der Waals surface area contributed by atoms with Gasteiger partial charge in [0.15, 0.2) is 6.10 Å². The van der Waals surface area contributed by atoms with Crippen molar-refractivity contribution in [2.45, 2.75) is 210 Å². The lowest BCUT2D eigenvalue weighted by Crippen LogP contribution is -2.64. The quantitative estimate of drug-likeness (QED) is 0.0150. The second-order valence-corrected chi connectivity index (χ2v) is 17.0. The molecule has 1 saturated carbocycles. The van der Waals surface area contributed by atoms with Gasteiger partial charge < -0.3 is 39.9 Å². The van der Waals surface area contributed by atoms with Gasteiger partial charge in [0.2, 0.25) is 0 Å². The summed E-state index contributed by atoms with van der Waals surface area (Å²) >= 11 is 0. The molecule has 8 atom stereocenters. The molecule has 1 aliphatic carbocycles. The Labute approximate surface area is 354 Å². The molecule has 0 bridgehead atoms. The molecule has 0 aromatic heterocycles. The van der Waals surface area contributed by atoms with Crippen molar-refractivity contribution in [3.63, 3.8) is 0 Å². The average molecular weight is 859 g/mol. The third-order valence-electron chi connectivity index (χ3n) is 10.3. The van der Waals surface area contributed by atoms with Gasteiger partial charge in [0, 0.05) is 12.8 Å². The summed E-state index contributed by atoms with van der Waals surface area (Å²) in [6.45, 7) is 4.69. The first kappa shape index (κ1) is 54.8. The van der Waals surface area contributed by atoms with Crippen molar-refractivity contribution in [1.29, 1.82) is 0 Å². The Morgan fingerprint density at radius 1 is 0.576 bits per heavy atom. The minimum absolute atomic E-state index is 0.0902. The van der Waals surface area contributed by atoms with E-state index in [-0.39, 0.29) is 12.8 Å². The number of hydrogen-bond acceptors (Lipinski definition) is 12. The monoisotopic (exact) mass is 859 g/mol. The van der Waals surface area contributed by atoms with Crippen molar-refractivity contribution in [2.24, 2.45) is 0 Å². The highest BCUT2D eigenvalue weighted by Crippen LogP contribution is 2.47. The third-order valence-corrected chi connectivity index (χ3v) is 11.3. The Balaban J connectivity index is 2.47. The summed E-state index contributed by atoms with van der Waals surface area (Å²) in [5.41, 5.74) is 0. The number of esters is 2. The second kappa shape index (κ2) is 35.4. The van der Waals surface area contributed by atoms with Crippen molar-refractivity contribution >= 4 is 19.8 Å². The minimum Gasteiger partial charge on any atom is -0.462 e. The van der Waals surface area contributed by atoms with E-state index < -0.39 is 75.7 Å². The number of hydrogen-bond donors (Lipinski definition) is 6. The van der Waals surface area contributed by atoms with Crippen LogP contribution in [0, 0.1) is 0 Å². The molecule has 0 amide bonds. The number of aliphatic hydroxyl groups excluding tert-OH is 5. The number of carbonyl (C=O) groups excluding carboxylic acids is 2. The number of unbranched alkanes of at least 4 members (excludes halogenated alkanes) is 18. The van der Waals surface area contributed by atoms with Crippen LogP contribution < -0.4 is 0 Å². The van der Waals surface area contributed by atoms with Gasteiger partial charge in [0.25, 0.3) is 0 Å². The maximum absolute atomic E-state index is 12.8. The summed E-state index contributed by atoms with van der Waals surface area (Å²) < 4.78 is 33.5. The van der Waals surface area contributed by atoms with Crippen LogP contribution >= 0.6 is 7.82 Å². The Morgan fingerprint density at radius 2 is 1.00 bits per heavy atom. The molecule has 1 rings (SSSR count). The lowest BCUT2D eigenvalue weighted by Gasteiger charge is -2.41. The number of phosphoric acid groups is 1. The Kier molecular flexibility index (Phi) is 32.9. The van der Waals surface area contributed by atoms with Crippen LogP contribution in [-0.2, 0) is 32.7 Å². The fourth-order valence-corrected chi connectivity index (χ4v) is 7.67. The van der Waals surface area contributed by atoms with Gasteiger partial charge in [-0.25, -0.2) is 4.57 Å².